The minimum Gasteiger partial charge on any atom is -0.357 e. The minimum absolute atomic E-state index is 0.533. The maximum Gasteiger partial charge on any atom is 0.191 e. The summed E-state index contributed by atoms with van der Waals surface area (Å²) in [5.74, 6) is 0.955. The van der Waals surface area contributed by atoms with Crippen LogP contribution in [0, 0.1) is 0 Å². The van der Waals surface area contributed by atoms with Gasteiger partial charge in [0.25, 0.3) is 0 Å². The maximum absolute atomic E-state index is 4.48. The summed E-state index contributed by atoms with van der Waals surface area (Å²) in [5, 5.41) is 6.86. The Hall–Kier alpha value is -1.07. The molecule has 1 heterocycles. The fraction of sp³-hybridized carbons (Fsp3) is 0.588. The fourth-order valence-electron chi connectivity index (χ4n) is 2.75. The minimum atomic E-state index is 0.533. The van der Waals surface area contributed by atoms with Crippen LogP contribution in [-0.4, -0.2) is 43.1 Å². The number of likely N-dealkylation sites (tertiary alicyclic amines) is 1. The molecule has 0 amide bonds. The SMILES string of the molecule is CCN=C(NCC)NC1CCN(Cc2ccc(Br)cc2)CC1. The first kappa shape index (κ1) is 17.3. The van der Waals surface area contributed by atoms with E-state index in [4.69, 9.17) is 0 Å². The Balaban J connectivity index is 1.77. The Morgan fingerprint density at radius 3 is 2.50 bits per heavy atom. The van der Waals surface area contributed by atoms with Crippen LogP contribution in [0.2, 0.25) is 0 Å². The second-order valence-electron chi connectivity index (χ2n) is 5.67. The second-order valence-corrected chi connectivity index (χ2v) is 6.59. The lowest BCUT2D eigenvalue weighted by atomic mass is 10.0. The van der Waals surface area contributed by atoms with Crippen molar-refractivity contribution < 1.29 is 0 Å². The van der Waals surface area contributed by atoms with Crippen molar-refractivity contribution in [3.05, 3.63) is 34.3 Å². The molecule has 2 rings (SSSR count). The summed E-state index contributed by atoms with van der Waals surface area (Å²) in [6, 6.07) is 9.17. The zero-order valence-electron chi connectivity index (χ0n) is 13.6. The van der Waals surface area contributed by atoms with E-state index in [-0.39, 0.29) is 0 Å². The number of guanidine groups is 1. The number of hydrogen-bond acceptors (Lipinski definition) is 2. The lowest BCUT2D eigenvalue weighted by molar-refractivity contribution is 0.198. The van der Waals surface area contributed by atoms with E-state index in [2.05, 4.69) is 74.6 Å². The van der Waals surface area contributed by atoms with E-state index in [9.17, 15) is 0 Å². The number of piperidine rings is 1. The lowest BCUT2D eigenvalue weighted by Crippen LogP contribution is -2.48. The van der Waals surface area contributed by atoms with Gasteiger partial charge in [-0.05, 0) is 44.4 Å². The number of benzene rings is 1. The quantitative estimate of drug-likeness (QED) is 0.621. The maximum atomic E-state index is 4.48. The molecule has 5 heteroatoms. The summed E-state index contributed by atoms with van der Waals surface area (Å²) < 4.78 is 1.14. The zero-order valence-corrected chi connectivity index (χ0v) is 15.2. The van der Waals surface area contributed by atoms with Crippen molar-refractivity contribution in [3.63, 3.8) is 0 Å². The third-order valence-corrected chi connectivity index (χ3v) is 4.44. The van der Waals surface area contributed by atoms with Crippen LogP contribution in [-0.2, 0) is 6.54 Å². The van der Waals surface area contributed by atoms with Gasteiger partial charge in [0, 0.05) is 43.2 Å². The Labute approximate surface area is 142 Å². The smallest absolute Gasteiger partial charge is 0.191 e. The van der Waals surface area contributed by atoms with Gasteiger partial charge in [0.2, 0.25) is 0 Å². The monoisotopic (exact) mass is 366 g/mol. The molecule has 0 bridgehead atoms. The van der Waals surface area contributed by atoms with Crippen molar-refractivity contribution >= 4 is 21.9 Å². The van der Waals surface area contributed by atoms with Crippen LogP contribution in [0.1, 0.15) is 32.3 Å². The third kappa shape index (κ3) is 5.61. The predicted molar refractivity (Wildman–Crippen MR) is 97.2 cm³/mol. The Bertz CT molecular complexity index is 464. The highest BCUT2D eigenvalue weighted by molar-refractivity contribution is 9.10. The summed E-state index contributed by atoms with van der Waals surface area (Å²) in [4.78, 5) is 7.01. The van der Waals surface area contributed by atoms with Gasteiger partial charge in [-0.25, -0.2) is 0 Å². The van der Waals surface area contributed by atoms with Crippen LogP contribution >= 0.6 is 15.9 Å². The highest BCUT2D eigenvalue weighted by Crippen LogP contribution is 2.16. The predicted octanol–water partition coefficient (Wildman–Crippen LogP) is 2.99. The van der Waals surface area contributed by atoms with E-state index >= 15 is 0 Å². The lowest BCUT2D eigenvalue weighted by Gasteiger charge is -2.33. The Kier molecular flexibility index (Phi) is 7.19. The average Bonchev–Trinajstić information content (AvgIpc) is 2.52. The highest BCUT2D eigenvalue weighted by atomic mass is 79.9. The molecule has 0 aliphatic carbocycles. The first-order valence-corrected chi connectivity index (χ1v) is 9.02. The zero-order chi connectivity index (χ0) is 15.8. The molecule has 0 unspecified atom stereocenters. The molecule has 0 aromatic heterocycles. The van der Waals surface area contributed by atoms with E-state index in [1.54, 1.807) is 0 Å². The molecule has 1 fully saturated rings. The van der Waals surface area contributed by atoms with E-state index in [1.807, 2.05) is 0 Å². The first-order valence-electron chi connectivity index (χ1n) is 8.23. The first-order chi connectivity index (χ1) is 10.7. The van der Waals surface area contributed by atoms with Gasteiger partial charge < -0.3 is 10.6 Å². The van der Waals surface area contributed by atoms with Crippen LogP contribution in [0.5, 0.6) is 0 Å². The fourth-order valence-corrected chi connectivity index (χ4v) is 3.02. The normalized spacial score (nSPS) is 17.5. The van der Waals surface area contributed by atoms with Crippen molar-refractivity contribution in [2.24, 2.45) is 4.99 Å². The summed E-state index contributed by atoms with van der Waals surface area (Å²) in [7, 11) is 0. The standard InChI is InChI=1S/C17H27BrN4/c1-3-19-17(20-4-2)21-16-9-11-22(12-10-16)13-14-5-7-15(18)8-6-14/h5-8,16H,3-4,9-13H2,1-2H3,(H2,19,20,21). The third-order valence-electron chi connectivity index (χ3n) is 3.91. The van der Waals surface area contributed by atoms with Crippen molar-refractivity contribution in [2.45, 2.75) is 39.3 Å². The molecule has 0 saturated carbocycles. The van der Waals surface area contributed by atoms with Crippen LogP contribution < -0.4 is 10.6 Å². The van der Waals surface area contributed by atoms with Gasteiger partial charge in [-0.2, -0.15) is 0 Å². The largest absolute Gasteiger partial charge is 0.357 e. The average molecular weight is 367 g/mol. The number of nitrogens with zero attached hydrogens (tertiary/aromatic N) is 2. The van der Waals surface area contributed by atoms with Crippen molar-refractivity contribution in [1.29, 1.82) is 0 Å². The Morgan fingerprint density at radius 2 is 1.91 bits per heavy atom. The van der Waals surface area contributed by atoms with Gasteiger partial charge in [0.15, 0.2) is 5.96 Å². The summed E-state index contributed by atoms with van der Waals surface area (Å²) >= 11 is 3.49. The van der Waals surface area contributed by atoms with Gasteiger partial charge >= 0.3 is 0 Å². The topological polar surface area (TPSA) is 39.7 Å². The molecule has 1 aromatic carbocycles. The van der Waals surface area contributed by atoms with E-state index < -0.39 is 0 Å². The molecule has 1 aliphatic rings. The van der Waals surface area contributed by atoms with Crippen LogP contribution in [0.4, 0.5) is 0 Å². The molecular formula is C17H27BrN4. The van der Waals surface area contributed by atoms with Gasteiger partial charge in [0.05, 0.1) is 0 Å². The second kappa shape index (κ2) is 9.16. The molecule has 1 aromatic rings. The summed E-state index contributed by atoms with van der Waals surface area (Å²) in [6.07, 6.45) is 2.34. The van der Waals surface area contributed by atoms with E-state index in [0.29, 0.717) is 6.04 Å². The molecule has 0 atom stereocenters. The molecule has 122 valence electrons. The van der Waals surface area contributed by atoms with Crippen LogP contribution in [0.25, 0.3) is 0 Å². The highest BCUT2D eigenvalue weighted by Gasteiger charge is 2.19. The number of halogens is 1. The molecule has 1 saturated heterocycles. The molecule has 4 nitrogen and oxygen atoms in total. The number of rotatable bonds is 5. The van der Waals surface area contributed by atoms with Crippen molar-refractivity contribution in [1.82, 2.24) is 15.5 Å². The number of aliphatic imine (C=N–C) groups is 1. The molecule has 1 aliphatic heterocycles. The molecule has 0 radical (unpaired) electrons. The van der Waals surface area contributed by atoms with Gasteiger partial charge in [-0.1, -0.05) is 28.1 Å². The van der Waals surface area contributed by atoms with E-state index in [1.165, 1.54) is 18.4 Å². The van der Waals surface area contributed by atoms with Crippen LogP contribution in [0.3, 0.4) is 0 Å². The summed E-state index contributed by atoms with van der Waals surface area (Å²) in [6.45, 7) is 9.22. The molecular weight excluding hydrogens is 340 g/mol. The number of nitrogens with one attached hydrogen (secondary N) is 2. The molecule has 0 spiro atoms. The van der Waals surface area contributed by atoms with Gasteiger partial charge in [-0.3, -0.25) is 9.89 Å². The van der Waals surface area contributed by atoms with Crippen molar-refractivity contribution in [3.8, 4) is 0 Å². The molecule has 2 N–H and O–H groups in total. The Morgan fingerprint density at radius 1 is 1.23 bits per heavy atom. The number of hydrogen-bond donors (Lipinski definition) is 2. The van der Waals surface area contributed by atoms with Crippen LogP contribution in [0.15, 0.2) is 33.7 Å². The van der Waals surface area contributed by atoms with Gasteiger partial charge in [-0.15, -0.1) is 0 Å². The summed E-state index contributed by atoms with van der Waals surface area (Å²) in [5.41, 5.74) is 1.38. The molecule has 22 heavy (non-hydrogen) atoms. The van der Waals surface area contributed by atoms with Gasteiger partial charge in [0.1, 0.15) is 0 Å². The van der Waals surface area contributed by atoms with E-state index in [0.717, 1.165) is 43.2 Å². The van der Waals surface area contributed by atoms with Crippen molar-refractivity contribution in [2.75, 3.05) is 26.2 Å².